The molecule has 0 saturated heterocycles. The zero-order valence-electron chi connectivity index (χ0n) is 11.8. The van der Waals surface area contributed by atoms with Gasteiger partial charge in [0.25, 0.3) is 0 Å². The summed E-state index contributed by atoms with van der Waals surface area (Å²) in [7, 11) is 1.56. The second-order valence-corrected chi connectivity index (χ2v) is 6.53. The minimum absolute atomic E-state index is 0.0938. The van der Waals surface area contributed by atoms with E-state index in [1.807, 2.05) is 0 Å². The van der Waals surface area contributed by atoms with Crippen LogP contribution in [0.1, 0.15) is 46.5 Å². The van der Waals surface area contributed by atoms with Crippen molar-refractivity contribution in [3.63, 3.8) is 0 Å². The highest BCUT2D eigenvalue weighted by Crippen LogP contribution is 2.41. The van der Waals surface area contributed by atoms with Crippen LogP contribution >= 0.6 is 0 Å². The van der Waals surface area contributed by atoms with Gasteiger partial charge in [-0.05, 0) is 42.9 Å². The molecule has 4 heteroatoms. The topological polar surface area (TPSA) is 57.6 Å². The van der Waals surface area contributed by atoms with Crippen LogP contribution in [0, 0.1) is 17.3 Å². The Morgan fingerprint density at radius 2 is 1.78 bits per heavy atom. The first kappa shape index (κ1) is 15.0. The number of carboxylic acids is 1. The van der Waals surface area contributed by atoms with E-state index in [1.165, 1.54) is 4.90 Å². The van der Waals surface area contributed by atoms with Crippen LogP contribution in [0.15, 0.2) is 0 Å². The van der Waals surface area contributed by atoms with Crippen LogP contribution in [0.4, 0.5) is 0 Å². The first-order valence-corrected chi connectivity index (χ1v) is 6.67. The van der Waals surface area contributed by atoms with E-state index in [9.17, 15) is 14.7 Å². The summed E-state index contributed by atoms with van der Waals surface area (Å²) >= 11 is 0. The lowest BCUT2D eigenvalue weighted by Crippen LogP contribution is -2.45. The lowest BCUT2D eigenvalue weighted by molar-refractivity contribution is -0.148. The number of carboxylic acid groups (broad SMARTS) is 1. The Bertz CT molecular complexity index is 301. The first-order valence-electron chi connectivity index (χ1n) is 6.67. The molecular formula is C14H25NO3. The molecule has 0 heterocycles. The van der Waals surface area contributed by atoms with Crippen LogP contribution in [0.3, 0.4) is 0 Å². The van der Waals surface area contributed by atoms with Gasteiger partial charge in [0.1, 0.15) is 6.04 Å². The predicted octanol–water partition coefficient (Wildman–Crippen LogP) is 2.38. The smallest absolute Gasteiger partial charge is 0.326 e. The van der Waals surface area contributed by atoms with Gasteiger partial charge >= 0.3 is 5.97 Å². The van der Waals surface area contributed by atoms with Crippen LogP contribution in [0.2, 0.25) is 0 Å². The fourth-order valence-corrected chi connectivity index (χ4v) is 3.07. The van der Waals surface area contributed by atoms with E-state index in [-0.39, 0.29) is 5.92 Å². The Morgan fingerprint density at radius 3 is 2.11 bits per heavy atom. The maximum Gasteiger partial charge on any atom is 0.326 e. The standard InChI is InChI=1S/C14H25NO3/c1-14(2,3)11-7-5-10(6-8-11)12(13(17)18)15(4)9-16/h9-12H,5-8H2,1-4H3,(H,17,18). The number of amides is 1. The number of hydrogen-bond acceptors (Lipinski definition) is 2. The Morgan fingerprint density at radius 1 is 1.28 bits per heavy atom. The van der Waals surface area contributed by atoms with Crippen LogP contribution in [0.5, 0.6) is 0 Å². The molecule has 0 bridgehead atoms. The average molecular weight is 255 g/mol. The van der Waals surface area contributed by atoms with Gasteiger partial charge in [0.2, 0.25) is 6.41 Å². The Kier molecular flexibility index (Phi) is 4.77. The molecule has 1 atom stereocenters. The average Bonchev–Trinajstić information content (AvgIpc) is 2.28. The van der Waals surface area contributed by atoms with Gasteiger partial charge in [0, 0.05) is 7.05 Å². The number of rotatable bonds is 4. The summed E-state index contributed by atoms with van der Waals surface area (Å²) in [6.45, 7) is 6.72. The highest BCUT2D eigenvalue weighted by Gasteiger charge is 2.37. The molecule has 0 aromatic carbocycles. The summed E-state index contributed by atoms with van der Waals surface area (Å²) in [6, 6.07) is -0.664. The molecule has 104 valence electrons. The minimum Gasteiger partial charge on any atom is -0.480 e. The lowest BCUT2D eigenvalue weighted by Gasteiger charge is -2.39. The van der Waals surface area contributed by atoms with E-state index in [0.29, 0.717) is 17.7 Å². The van der Waals surface area contributed by atoms with Gasteiger partial charge in [-0.25, -0.2) is 4.79 Å². The van der Waals surface area contributed by atoms with Gasteiger partial charge in [0.15, 0.2) is 0 Å². The number of carbonyl (C=O) groups excluding carboxylic acids is 1. The third-order valence-electron chi connectivity index (χ3n) is 4.30. The molecule has 18 heavy (non-hydrogen) atoms. The zero-order valence-corrected chi connectivity index (χ0v) is 11.8. The molecule has 1 fully saturated rings. The quantitative estimate of drug-likeness (QED) is 0.785. The SMILES string of the molecule is CN(C=O)C(C(=O)O)C1CCC(C(C)(C)C)CC1. The van der Waals surface area contributed by atoms with Crippen LogP contribution in [-0.2, 0) is 9.59 Å². The van der Waals surface area contributed by atoms with E-state index in [1.54, 1.807) is 7.05 Å². The third kappa shape index (κ3) is 3.47. The fraction of sp³-hybridized carbons (Fsp3) is 0.857. The molecule has 0 aliphatic heterocycles. The summed E-state index contributed by atoms with van der Waals surface area (Å²) in [6.07, 6.45) is 4.54. The minimum atomic E-state index is -0.885. The molecule has 0 spiro atoms. The maximum absolute atomic E-state index is 11.3. The van der Waals surface area contributed by atoms with Crippen molar-refractivity contribution in [3.8, 4) is 0 Å². The Hall–Kier alpha value is -1.06. The summed E-state index contributed by atoms with van der Waals surface area (Å²) in [4.78, 5) is 23.4. The van der Waals surface area contributed by atoms with E-state index in [4.69, 9.17) is 0 Å². The zero-order chi connectivity index (χ0) is 13.9. The molecule has 1 N–H and O–H groups in total. The van der Waals surface area contributed by atoms with Crippen molar-refractivity contribution in [2.24, 2.45) is 17.3 Å². The van der Waals surface area contributed by atoms with Crippen molar-refractivity contribution in [2.45, 2.75) is 52.5 Å². The van der Waals surface area contributed by atoms with E-state index < -0.39 is 12.0 Å². The molecule has 1 aliphatic rings. The predicted molar refractivity (Wildman–Crippen MR) is 70.2 cm³/mol. The highest BCUT2D eigenvalue weighted by molar-refractivity contribution is 5.76. The molecule has 0 aromatic rings. The molecular weight excluding hydrogens is 230 g/mol. The van der Waals surface area contributed by atoms with Gasteiger partial charge in [-0.2, -0.15) is 0 Å². The molecule has 1 amide bonds. The molecule has 0 aromatic heterocycles. The van der Waals surface area contributed by atoms with Crippen molar-refractivity contribution in [2.75, 3.05) is 7.05 Å². The van der Waals surface area contributed by atoms with Crippen molar-refractivity contribution in [1.82, 2.24) is 4.90 Å². The first-order chi connectivity index (χ1) is 8.27. The number of hydrogen-bond donors (Lipinski definition) is 1. The summed E-state index contributed by atoms with van der Waals surface area (Å²) in [5.74, 6) is -0.134. The third-order valence-corrected chi connectivity index (χ3v) is 4.30. The number of carbonyl (C=O) groups is 2. The van der Waals surface area contributed by atoms with E-state index >= 15 is 0 Å². The highest BCUT2D eigenvalue weighted by atomic mass is 16.4. The molecule has 1 unspecified atom stereocenters. The van der Waals surface area contributed by atoms with Crippen LogP contribution < -0.4 is 0 Å². The van der Waals surface area contributed by atoms with Crippen LogP contribution in [0.25, 0.3) is 0 Å². The van der Waals surface area contributed by atoms with E-state index in [2.05, 4.69) is 20.8 Å². The maximum atomic E-state index is 11.3. The second-order valence-electron chi connectivity index (χ2n) is 6.53. The number of aliphatic carboxylic acids is 1. The summed E-state index contributed by atoms with van der Waals surface area (Å²) < 4.78 is 0. The Balaban J connectivity index is 2.65. The van der Waals surface area contributed by atoms with E-state index in [0.717, 1.165) is 25.7 Å². The van der Waals surface area contributed by atoms with Crippen molar-refractivity contribution in [3.05, 3.63) is 0 Å². The second kappa shape index (κ2) is 5.72. The molecule has 1 saturated carbocycles. The van der Waals surface area contributed by atoms with Crippen molar-refractivity contribution >= 4 is 12.4 Å². The van der Waals surface area contributed by atoms with Gasteiger partial charge in [-0.15, -0.1) is 0 Å². The largest absolute Gasteiger partial charge is 0.480 e. The number of likely N-dealkylation sites (N-methyl/N-ethyl adjacent to an activating group) is 1. The van der Waals surface area contributed by atoms with Crippen molar-refractivity contribution < 1.29 is 14.7 Å². The monoisotopic (exact) mass is 255 g/mol. The van der Waals surface area contributed by atoms with Gasteiger partial charge in [-0.3, -0.25) is 4.79 Å². The Labute approximate surface area is 109 Å². The van der Waals surface area contributed by atoms with Crippen LogP contribution in [-0.4, -0.2) is 35.5 Å². The summed E-state index contributed by atoms with van der Waals surface area (Å²) in [5, 5.41) is 9.25. The van der Waals surface area contributed by atoms with Crippen molar-refractivity contribution in [1.29, 1.82) is 0 Å². The fourth-order valence-electron chi connectivity index (χ4n) is 3.07. The van der Waals surface area contributed by atoms with Gasteiger partial charge in [-0.1, -0.05) is 20.8 Å². The van der Waals surface area contributed by atoms with Gasteiger partial charge < -0.3 is 10.0 Å². The molecule has 0 radical (unpaired) electrons. The normalized spacial score (nSPS) is 26.4. The molecule has 1 aliphatic carbocycles. The molecule has 4 nitrogen and oxygen atoms in total. The summed E-state index contributed by atoms with van der Waals surface area (Å²) in [5.41, 5.74) is 0.292. The van der Waals surface area contributed by atoms with Gasteiger partial charge in [0.05, 0.1) is 0 Å². The lowest BCUT2D eigenvalue weighted by atomic mass is 9.68. The molecule has 1 rings (SSSR count). The number of nitrogens with zero attached hydrogens (tertiary/aromatic N) is 1.